The summed E-state index contributed by atoms with van der Waals surface area (Å²) in [5, 5.41) is 11.1. The van der Waals surface area contributed by atoms with Gasteiger partial charge in [0.2, 0.25) is 0 Å². The maximum Gasteiger partial charge on any atom is 0.295 e. The number of aliphatic hydroxyl groups excluding tert-OH is 1. The van der Waals surface area contributed by atoms with Gasteiger partial charge < -0.3 is 19.5 Å². The van der Waals surface area contributed by atoms with Crippen LogP contribution in [0.25, 0.3) is 5.76 Å². The predicted octanol–water partition coefficient (Wildman–Crippen LogP) is 4.83. The predicted molar refractivity (Wildman–Crippen MR) is 122 cm³/mol. The summed E-state index contributed by atoms with van der Waals surface area (Å²) >= 11 is 3.37. The molecule has 2 aromatic carbocycles. The molecular formula is C24H25BrFNO5. The number of carbonyl (C=O) groups is 2. The number of Topliss-reactive ketones (excluding diaryl/α,β-unsaturated/α-hetero) is 1. The van der Waals surface area contributed by atoms with Gasteiger partial charge in [0.15, 0.2) is 0 Å². The van der Waals surface area contributed by atoms with Crippen molar-refractivity contribution < 1.29 is 28.6 Å². The third kappa shape index (κ3) is 5.02. The molecule has 0 radical (unpaired) electrons. The minimum atomic E-state index is -0.837. The molecule has 1 fully saturated rings. The topological polar surface area (TPSA) is 76.1 Å². The lowest BCUT2D eigenvalue weighted by Gasteiger charge is -2.25. The number of methoxy groups -OCH3 is 1. The van der Waals surface area contributed by atoms with E-state index in [9.17, 15) is 19.1 Å². The van der Waals surface area contributed by atoms with Crippen LogP contribution in [0.2, 0.25) is 0 Å². The van der Waals surface area contributed by atoms with Crippen LogP contribution in [0.15, 0.2) is 52.5 Å². The van der Waals surface area contributed by atoms with E-state index in [2.05, 4.69) is 15.9 Å². The summed E-state index contributed by atoms with van der Waals surface area (Å²) in [4.78, 5) is 27.3. The molecule has 3 rings (SSSR count). The van der Waals surface area contributed by atoms with Crippen molar-refractivity contribution in [2.75, 3.05) is 20.3 Å². The normalized spacial score (nSPS) is 17.9. The number of ether oxygens (including phenoxy) is 2. The molecule has 170 valence electrons. The number of nitrogens with zero attached hydrogens (tertiary/aromatic N) is 1. The second kappa shape index (κ2) is 10.3. The number of benzene rings is 2. The molecule has 8 heteroatoms. The van der Waals surface area contributed by atoms with Crippen molar-refractivity contribution in [3.8, 4) is 5.75 Å². The molecule has 0 aliphatic carbocycles. The maximum atomic E-state index is 13.5. The van der Waals surface area contributed by atoms with Crippen LogP contribution < -0.4 is 4.74 Å². The molecule has 1 amide bonds. The van der Waals surface area contributed by atoms with Crippen molar-refractivity contribution in [3.05, 3.63) is 69.5 Å². The van der Waals surface area contributed by atoms with Crippen LogP contribution in [0.5, 0.6) is 5.75 Å². The van der Waals surface area contributed by atoms with Crippen LogP contribution >= 0.6 is 15.9 Å². The van der Waals surface area contributed by atoms with Gasteiger partial charge in [0.1, 0.15) is 17.3 Å². The van der Waals surface area contributed by atoms with E-state index in [1.165, 1.54) is 36.3 Å². The highest BCUT2D eigenvalue weighted by Crippen LogP contribution is 2.40. The Labute approximate surface area is 194 Å². The van der Waals surface area contributed by atoms with Crippen LogP contribution in [-0.4, -0.2) is 48.1 Å². The summed E-state index contributed by atoms with van der Waals surface area (Å²) < 4.78 is 24.9. The Morgan fingerprint density at radius 1 is 1.19 bits per heavy atom. The Kier molecular flexibility index (Phi) is 7.69. The van der Waals surface area contributed by atoms with Crippen molar-refractivity contribution in [1.29, 1.82) is 0 Å². The van der Waals surface area contributed by atoms with Crippen molar-refractivity contribution in [2.45, 2.75) is 32.4 Å². The number of hydrogen-bond donors (Lipinski definition) is 1. The number of aliphatic hydroxyl groups is 1. The molecule has 6 nitrogen and oxygen atoms in total. The number of halogens is 2. The first kappa shape index (κ1) is 23.9. The molecule has 0 bridgehead atoms. The third-order valence-corrected chi connectivity index (χ3v) is 5.77. The highest BCUT2D eigenvalue weighted by atomic mass is 79.9. The number of ketones is 1. The van der Waals surface area contributed by atoms with Crippen molar-refractivity contribution in [3.63, 3.8) is 0 Å². The number of amides is 1. The standard InChI is InChI=1S/C24H25BrFNO5/c1-14(2)32-12-4-11-27-21(15-5-8-17(26)9-6-15)20(23(29)24(27)30)22(28)16-7-10-19(31-3)18(25)13-16/h5-10,13-14,21,28H,4,11-12H2,1-3H3/b22-20-. The van der Waals surface area contributed by atoms with Gasteiger partial charge in [0.25, 0.3) is 11.7 Å². The van der Waals surface area contributed by atoms with E-state index in [0.29, 0.717) is 34.4 Å². The second-order valence-electron chi connectivity index (χ2n) is 7.67. The summed E-state index contributed by atoms with van der Waals surface area (Å²) in [6.07, 6.45) is 0.559. The van der Waals surface area contributed by atoms with Crippen LogP contribution in [0.1, 0.15) is 37.4 Å². The summed E-state index contributed by atoms with van der Waals surface area (Å²) in [7, 11) is 1.52. The first-order valence-electron chi connectivity index (χ1n) is 10.2. The first-order chi connectivity index (χ1) is 15.2. The molecule has 0 saturated carbocycles. The number of carbonyl (C=O) groups excluding carboxylic acids is 2. The summed E-state index contributed by atoms with van der Waals surface area (Å²) in [5.41, 5.74) is 0.846. The zero-order valence-corrected chi connectivity index (χ0v) is 19.7. The van der Waals surface area contributed by atoms with E-state index in [1.807, 2.05) is 13.8 Å². The average molecular weight is 506 g/mol. The van der Waals surface area contributed by atoms with E-state index < -0.39 is 23.5 Å². The molecule has 1 saturated heterocycles. The van der Waals surface area contributed by atoms with E-state index in [1.54, 1.807) is 18.2 Å². The van der Waals surface area contributed by atoms with Crippen molar-refractivity contribution in [1.82, 2.24) is 4.90 Å². The molecule has 1 atom stereocenters. The van der Waals surface area contributed by atoms with Gasteiger partial charge in [-0.3, -0.25) is 9.59 Å². The SMILES string of the molecule is COc1ccc(/C(O)=C2/C(=O)C(=O)N(CCCOC(C)C)C2c2ccc(F)cc2)cc1Br. The van der Waals surface area contributed by atoms with E-state index in [-0.39, 0.29) is 24.0 Å². The fraction of sp³-hybridized carbons (Fsp3) is 0.333. The van der Waals surface area contributed by atoms with E-state index >= 15 is 0 Å². The summed E-state index contributed by atoms with van der Waals surface area (Å²) in [6.45, 7) is 4.50. The highest BCUT2D eigenvalue weighted by molar-refractivity contribution is 9.10. The smallest absolute Gasteiger partial charge is 0.295 e. The van der Waals surface area contributed by atoms with Gasteiger partial charge in [-0.05, 0) is 72.1 Å². The quantitative estimate of drug-likeness (QED) is 0.240. The monoisotopic (exact) mass is 505 g/mol. The van der Waals surface area contributed by atoms with Gasteiger partial charge in [0.05, 0.1) is 29.3 Å². The van der Waals surface area contributed by atoms with Crippen molar-refractivity contribution >= 4 is 33.4 Å². The molecule has 2 aromatic rings. The molecule has 0 spiro atoms. The van der Waals surface area contributed by atoms with Gasteiger partial charge >= 0.3 is 0 Å². The average Bonchev–Trinajstić information content (AvgIpc) is 3.01. The van der Waals surface area contributed by atoms with Gasteiger partial charge in [0, 0.05) is 18.7 Å². The lowest BCUT2D eigenvalue weighted by Crippen LogP contribution is -2.31. The molecule has 1 N–H and O–H groups in total. The zero-order valence-electron chi connectivity index (χ0n) is 18.1. The van der Waals surface area contributed by atoms with E-state index in [0.717, 1.165) is 0 Å². The van der Waals surface area contributed by atoms with Gasteiger partial charge in [-0.25, -0.2) is 4.39 Å². The largest absolute Gasteiger partial charge is 0.507 e. The molecule has 0 aromatic heterocycles. The third-order valence-electron chi connectivity index (χ3n) is 5.15. The Balaban J connectivity index is 2.04. The van der Waals surface area contributed by atoms with Crippen LogP contribution in [0, 0.1) is 5.82 Å². The molecule has 32 heavy (non-hydrogen) atoms. The van der Waals surface area contributed by atoms with Crippen LogP contribution in [-0.2, 0) is 14.3 Å². The molecule has 1 aliphatic heterocycles. The van der Waals surface area contributed by atoms with E-state index in [4.69, 9.17) is 9.47 Å². The molecule has 1 aliphatic rings. The molecule has 1 heterocycles. The molecule has 1 unspecified atom stereocenters. The van der Waals surface area contributed by atoms with Gasteiger partial charge in [-0.1, -0.05) is 12.1 Å². The minimum Gasteiger partial charge on any atom is -0.507 e. The van der Waals surface area contributed by atoms with Crippen LogP contribution in [0.3, 0.4) is 0 Å². The fourth-order valence-electron chi connectivity index (χ4n) is 3.63. The zero-order chi connectivity index (χ0) is 23.4. The second-order valence-corrected chi connectivity index (χ2v) is 8.52. The number of likely N-dealkylation sites (tertiary alicyclic amines) is 1. The number of hydrogen-bond acceptors (Lipinski definition) is 5. The fourth-order valence-corrected chi connectivity index (χ4v) is 4.17. The Hall–Kier alpha value is -2.71. The summed E-state index contributed by atoms with van der Waals surface area (Å²) in [5.74, 6) is -1.68. The van der Waals surface area contributed by atoms with Gasteiger partial charge in [-0.2, -0.15) is 0 Å². The lowest BCUT2D eigenvalue weighted by molar-refractivity contribution is -0.140. The highest BCUT2D eigenvalue weighted by Gasteiger charge is 2.45. The Bertz CT molecular complexity index is 1040. The van der Waals surface area contributed by atoms with Crippen molar-refractivity contribution in [2.24, 2.45) is 0 Å². The molecular weight excluding hydrogens is 481 g/mol. The Morgan fingerprint density at radius 2 is 1.88 bits per heavy atom. The summed E-state index contributed by atoms with van der Waals surface area (Å²) in [6, 6.07) is 9.58. The lowest BCUT2D eigenvalue weighted by atomic mass is 9.95. The maximum absolute atomic E-state index is 13.5. The minimum absolute atomic E-state index is 0.0385. The Morgan fingerprint density at radius 3 is 2.47 bits per heavy atom. The van der Waals surface area contributed by atoms with Crippen LogP contribution in [0.4, 0.5) is 4.39 Å². The number of rotatable bonds is 8. The van der Waals surface area contributed by atoms with Gasteiger partial charge in [-0.15, -0.1) is 0 Å². The first-order valence-corrected chi connectivity index (χ1v) is 11.0.